The number of nitrogens with one attached hydrogen (secondary N) is 2. The molecule has 0 spiro atoms. The van der Waals surface area contributed by atoms with Crippen molar-refractivity contribution in [2.45, 2.75) is 19.4 Å². The first-order chi connectivity index (χ1) is 14.3. The van der Waals surface area contributed by atoms with Gasteiger partial charge in [0.2, 0.25) is 6.79 Å². The summed E-state index contributed by atoms with van der Waals surface area (Å²) in [6, 6.07) is 15.9. The lowest BCUT2D eigenvalue weighted by Crippen LogP contribution is -2.40. The van der Waals surface area contributed by atoms with Crippen LogP contribution in [0.15, 0.2) is 48.5 Å². The normalized spacial score (nSPS) is 18.8. The lowest BCUT2D eigenvalue weighted by atomic mass is 9.97. The average molecular weight is 391 g/mol. The number of carbonyl (C=O) groups excluding carboxylic acids is 1. The molecule has 2 aromatic carbocycles. The number of piperidine rings is 1. The van der Waals surface area contributed by atoms with E-state index < -0.39 is 0 Å². The van der Waals surface area contributed by atoms with Crippen molar-refractivity contribution in [3.05, 3.63) is 59.8 Å². The number of hydrogen-bond donors (Lipinski definition) is 2. The molecule has 2 aliphatic rings. The van der Waals surface area contributed by atoms with Crippen LogP contribution in [0.3, 0.4) is 0 Å². The monoisotopic (exact) mass is 391 g/mol. The molecule has 1 aromatic heterocycles. The van der Waals surface area contributed by atoms with Crippen LogP contribution in [0.4, 0.5) is 0 Å². The topological polar surface area (TPSA) is 66.6 Å². The number of aromatic amines is 1. The van der Waals surface area contributed by atoms with Crippen molar-refractivity contribution in [3.63, 3.8) is 0 Å². The van der Waals surface area contributed by atoms with E-state index in [2.05, 4.69) is 21.3 Å². The number of fused-ring (bicyclic) bond motifs is 2. The van der Waals surface area contributed by atoms with Gasteiger partial charge in [-0.25, -0.2) is 0 Å². The van der Waals surface area contributed by atoms with Crippen LogP contribution in [0.25, 0.3) is 10.9 Å². The van der Waals surface area contributed by atoms with E-state index in [1.807, 2.05) is 42.5 Å². The molecule has 0 unspecified atom stereocenters. The number of hydrogen-bond acceptors (Lipinski definition) is 4. The van der Waals surface area contributed by atoms with Crippen LogP contribution >= 0.6 is 0 Å². The number of rotatable bonds is 5. The summed E-state index contributed by atoms with van der Waals surface area (Å²) in [4.78, 5) is 18.2. The molecule has 1 amide bonds. The van der Waals surface area contributed by atoms with Gasteiger partial charge in [-0.2, -0.15) is 0 Å². The van der Waals surface area contributed by atoms with Crippen LogP contribution in [0, 0.1) is 5.92 Å². The van der Waals surface area contributed by atoms with E-state index in [1.54, 1.807) is 0 Å². The summed E-state index contributed by atoms with van der Waals surface area (Å²) in [5.41, 5.74) is 2.78. The van der Waals surface area contributed by atoms with Crippen LogP contribution in [0.2, 0.25) is 0 Å². The van der Waals surface area contributed by atoms with Gasteiger partial charge in [-0.1, -0.05) is 30.3 Å². The Balaban J connectivity index is 1.18. The maximum atomic E-state index is 12.6. The molecule has 150 valence electrons. The van der Waals surface area contributed by atoms with Gasteiger partial charge in [-0.3, -0.25) is 9.69 Å². The van der Waals surface area contributed by atoms with E-state index in [0.29, 0.717) is 24.9 Å². The molecule has 1 atom stereocenters. The second-order valence-electron chi connectivity index (χ2n) is 7.87. The Morgan fingerprint density at radius 2 is 2.10 bits per heavy atom. The predicted octanol–water partition coefficient (Wildman–Crippen LogP) is 3.54. The Labute approximate surface area is 169 Å². The number of benzene rings is 2. The lowest BCUT2D eigenvalue weighted by Gasteiger charge is -2.33. The second-order valence-corrected chi connectivity index (χ2v) is 7.87. The van der Waals surface area contributed by atoms with Gasteiger partial charge in [0.15, 0.2) is 11.5 Å². The molecule has 0 aliphatic carbocycles. The fourth-order valence-corrected chi connectivity index (χ4v) is 4.35. The lowest BCUT2D eigenvalue weighted by molar-refractivity contribution is 0.0926. The summed E-state index contributed by atoms with van der Waals surface area (Å²) < 4.78 is 11.1. The van der Waals surface area contributed by atoms with E-state index in [4.69, 9.17) is 9.47 Å². The fourth-order valence-electron chi connectivity index (χ4n) is 4.35. The SMILES string of the molecule is O=C(NC[C@H]1CCCN(Cc2cccc3c2OCO3)C1)c1cc2ccccc2[nH]1. The summed E-state index contributed by atoms with van der Waals surface area (Å²) in [6.07, 6.45) is 2.27. The van der Waals surface area contributed by atoms with Crippen molar-refractivity contribution < 1.29 is 14.3 Å². The third kappa shape index (κ3) is 3.80. The molecule has 3 aromatic rings. The third-order valence-electron chi connectivity index (χ3n) is 5.80. The highest BCUT2D eigenvalue weighted by atomic mass is 16.7. The van der Waals surface area contributed by atoms with E-state index in [0.717, 1.165) is 54.9 Å². The van der Waals surface area contributed by atoms with Crippen LogP contribution in [-0.2, 0) is 6.54 Å². The molecule has 29 heavy (non-hydrogen) atoms. The number of carbonyl (C=O) groups is 1. The zero-order chi connectivity index (χ0) is 19.6. The quantitative estimate of drug-likeness (QED) is 0.698. The molecule has 6 nitrogen and oxygen atoms in total. The van der Waals surface area contributed by atoms with Gasteiger partial charge in [-0.05, 0) is 43.5 Å². The number of likely N-dealkylation sites (tertiary alicyclic amines) is 1. The molecule has 0 saturated carbocycles. The van der Waals surface area contributed by atoms with Crippen molar-refractivity contribution in [1.82, 2.24) is 15.2 Å². The number of H-pyrrole nitrogens is 1. The molecule has 1 saturated heterocycles. The van der Waals surface area contributed by atoms with Gasteiger partial charge in [-0.15, -0.1) is 0 Å². The first-order valence-corrected chi connectivity index (χ1v) is 10.2. The van der Waals surface area contributed by atoms with E-state index in [1.165, 1.54) is 5.56 Å². The average Bonchev–Trinajstić information content (AvgIpc) is 3.40. The molecule has 6 heteroatoms. The third-order valence-corrected chi connectivity index (χ3v) is 5.80. The molecule has 3 heterocycles. The summed E-state index contributed by atoms with van der Waals surface area (Å²) in [7, 11) is 0. The Bertz CT molecular complexity index is 996. The summed E-state index contributed by atoms with van der Waals surface area (Å²) in [6.45, 7) is 3.87. The minimum Gasteiger partial charge on any atom is -0.454 e. The van der Waals surface area contributed by atoms with Crippen LogP contribution in [-0.4, -0.2) is 42.2 Å². The number of ether oxygens (including phenoxy) is 2. The summed E-state index contributed by atoms with van der Waals surface area (Å²) in [5, 5.41) is 4.17. The zero-order valence-corrected chi connectivity index (χ0v) is 16.3. The largest absolute Gasteiger partial charge is 0.454 e. The number of para-hydroxylation sites is 2. The highest BCUT2D eigenvalue weighted by Crippen LogP contribution is 2.36. The summed E-state index contributed by atoms with van der Waals surface area (Å²) >= 11 is 0. The smallest absolute Gasteiger partial charge is 0.267 e. The van der Waals surface area contributed by atoms with Gasteiger partial charge in [0, 0.05) is 36.1 Å². The first-order valence-electron chi connectivity index (χ1n) is 10.2. The van der Waals surface area contributed by atoms with Gasteiger partial charge >= 0.3 is 0 Å². The molecule has 0 bridgehead atoms. The Hall–Kier alpha value is -2.99. The second kappa shape index (κ2) is 7.79. The molecular formula is C23H25N3O3. The standard InChI is InChI=1S/C23H25N3O3/c27-23(20-11-17-6-1-2-8-19(17)25-20)24-12-16-5-4-10-26(13-16)14-18-7-3-9-21-22(18)29-15-28-21/h1-3,6-9,11,16,25H,4-5,10,12-15H2,(H,24,27)/t16-/m1/s1. The van der Waals surface area contributed by atoms with Crippen LogP contribution in [0.5, 0.6) is 11.5 Å². The van der Waals surface area contributed by atoms with Crippen molar-refractivity contribution in [1.29, 1.82) is 0 Å². The van der Waals surface area contributed by atoms with Crippen LogP contribution < -0.4 is 14.8 Å². The van der Waals surface area contributed by atoms with Gasteiger partial charge in [0.05, 0.1) is 0 Å². The predicted molar refractivity (Wildman–Crippen MR) is 111 cm³/mol. The first kappa shape index (κ1) is 18.1. The molecular weight excluding hydrogens is 366 g/mol. The van der Waals surface area contributed by atoms with E-state index >= 15 is 0 Å². The molecule has 0 radical (unpaired) electrons. The maximum Gasteiger partial charge on any atom is 0.267 e. The molecule has 2 aliphatic heterocycles. The Kier molecular flexibility index (Phi) is 4.86. The van der Waals surface area contributed by atoms with E-state index in [9.17, 15) is 4.79 Å². The molecule has 2 N–H and O–H groups in total. The van der Waals surface area contributed by atoms with Gasteiger partial charge in [0.1, 0.15) is 5.69 Å². The summed E-state index contributed by atoms with van der Waals surface area (Å²) in [5.74, 6) is 2.12. The highest BCUT2D eigenvalue weighted by molar-refractivity contribution is 5.97. The van der Waals surface area contributed by atoms with Crippen LogP contribution in [0.1, 0.15) is 28.9 Å². The van der Waals surface area contributed by atoms with Crippen molar-refractivity contribution >= 4 is 16.8 Å². The molecule has 1 fully saturated rings. The Morgan fingerprint density at radius 1 is 1.17 bits per heavy atom. The fraction of sp³-hybridized carbons (Fsp3) is 0.348. The van der Waals surface area contributed by atoms with Crippen molar-refractivity contribution in [2.24, 2.45) is 5.92 Å². The number of nitrogens with zero attached hydrogens (tertiary/aromatic N) is 1. The zero-order valence-electron chi connectivity index (χ0n) is 16.3. The Morgan fingerprint density at radius 3 is 3.03 bits per heavy atom. The number of aromatic nitrogens is 1. The van der Waals surface area contributed by atoms with Crippen molar-refractivity contribution in [2.75, 3.05) is 26.4 Å². The minimum atomic E-state index is -0.0373. The van der Waals surface area contributed by atoms with Gasteiger partial charge in [0.25, 0.3) is 5.91 Å². The number of amides is 1. The minimum absolute atomic E-state index is 0.0373. The van der Waals surface area contributed by atoms with Crippen molar-refractivity contribution in [3.8, 4) is 11.5 Å². The highest BCUT2D eigenvalue weighted by Gasteiger charge is 2.24. The van der Waals surface area contributed by atoms with Gasteiger partial charge < -0.3 is 19.8 Å². The maximum absolute atomic E-state index is 12.6. The van der Waals surface area contributed by atoms with E-state index in [-0.39, 0.29) is 5.91 Å². The molecule has 5 rings (SSSR count).